The number of aromatic amines is 1. The molecule has 24 heavy (non-hydrogen) atoms. The highest BCUT2D eigenvalue weighted by Gasteiger charge is 2.19. The van der Waals surface area contributed by atoms with Gasteiger partial charge in [0.1, 0.15) is 22.9 Å². The summed E-state index contributed by atoms with van der Waals surface area (Å²) in [6.45, 7) is 1.82. The van der Waals surface area contributed by atoms with E-state index >= 15 is 0 Å². The summed E-state index contributed by atoms with van der Waals surface area (Å²) in [5.74, 6) is 1.50. The van der Waals surface area contributed by atoms with Crippen LogP contribution in [0.1, 0.15) is 5.69 Å². The fraction of sp³-hybridized carbons (Fsp3) is 0.118. The van der Waals surface area contributed by atoms with E-state index in [0.717, 1.165) is 0 Å². The first kappa shape index (κ1) is 16.5. The molecule has 0 fully saturated rings. The number of H-pyrrole nitrogens is 1. The number of phenolic OH excluding ortho intramolecular Hbond substituents is 1. The highest BCUT2D eigenvalue weighted by molar-refractivity contribution is 6.35. The lowest BCUT2D eigenvalue weighted by Gasteiger charge is -2.10. The fourth-order valence-corrected chi connectivity index (χ4v) is 2.68. The van der Waals surface area contributed by atoms with Crippen LogP contribution < -0.4 is 9.47 Å². The number of aryl methyl sites for hydroxylation is 1. The van der Waals surface area contributed by atoms with E-state index in [1.54, 1.807) is 30.3 Å². The molecule has 0 amide bonds. The predicted octanol–water partition coefficient (Wildman–Crippen LogP) is 5.20. The summed E-state index contributed by atoms with van der Waals surface area (Å²) in [4.78, 5) is 0. The van der Waals surface area contributed by atoms with E-state index in [2.05, 4.69) is 10.2 Å². The minimum Gasteiger partial charge on any atom is -0.507 e. The molecule has 0 saturated heterocycles. The van der Waals surface area contributed by atoms with E-state index < -0.39 is 0 Å². The molecular weight excluding hydrogens is 351 g/mol. The van der Waals surface area contributed by atoms with Crippen LogP contribution in [-0.2, 0) is 0 Å². The Morgan fingerprint density at radius 2 is 1.92 bits per heavy atom. The number of rotatable bonds is 4. The highest BCUT2D eigenvalue weighted by Crippen LogP contribution is 2.41. The molecule has 1 heterocycles. The molecule has 0 atom stereocenters. The van der Waals surface area contributed by atoms with Gasteiger partial charge in [0.15, 0.2) is 5.75 Å². The number of aromatic hydroxyl groups is 1. The van der Waals surface area contributed by atoms with Crippen molar-refractivity contribution in [2.75, 3.05) is 7.11 Å². The zero-order valence-corrected chi connectivity index (χ0v) is 14.4. The summed E-state index contributed by atoms with van der Waals surface area (Å²) in [5, 5.41) is 18.2. The molecule has 0 aliphatic rings. The van der Waals surface area contributed by atoms with E-state index in [4.69, 9.17) is 32.7 Å². The fourth-order valence-electron chi connectivity index (χ4n) is 2.23. The van der Waals surface area contributed by atoms with Crippen LogP contribution in [0.25, 0.3) is 11.3 Å². The second kappa shape index (κ2) is 6.63. The lowest BCUT2D eigenvalue weighted by Crippen LogP contribution is -1.90. The van der Waals surface area contributed by atoms with Gasteiger partial charge in [0.2, 0.25) is 0 Å². The van der Waals surface area contributed by atoms with Gasteiger partial charge in [-0.2, -0.15) is 5.10 Å². The maximum Gasteiger partial charge on any atom is 0.176 e. The second-order valence-electron chi connectivity index (χ2n) is 5.09. The SMILES string of the molecule is COc1ccc(-c2n[nH]c(C)c2Oc2ccc(Cl)cc2Cl)c(O)c1. The van der Waals surface area contributed by atoms with Crippen molar-refractivity contribution < 1.29 is 14.6 Å². The summed E-state index contributed by atoms with van der Waals surface area (Å²) in [7, 11) is 1.53. The Balaban J connectivity index is 2.03. The first-order valence-electron chi connectivity index (χ1n) is 7.05. The van der Waals surface area contributed by atoms with Crippen LogP contribution in [0.15, 0.2) is 36.4 Å². The third-order valence-corrected chi connectivity index (χ3v) is 3.99. The van der Waals surface area contributed by atoms with Gasteiger partial charge >= 0.3 is 0 Å². The van der Waals surface area contributed by atoms with E-state index in [1.807, 2.05) is 6.92 Å². The Morgan fingerprint density at radius 1 is 1.12 bits per heavy atom. The van der Waals surface area contributed by atoms with Crippen molar-refractivity contribution in [3.63, 3.8) is 0 Å². The number of hydrogen-bond acceptors (Lipinski definition) is 4. The van der Waals surface area contributed by atoms with Crippen molar-refractivity contribution in [1.29, 1.82) is 0 Å². The zero-order chi connectivity index (χ0) is 17.3. The van der Waals surface area contributed by atoms with E-state index in [0.29, 0.717) is 44.2 Å². The molecule has 3 rings (SSSR count). The molecule has 0 spiro atoms. The number of nitrogens with one attached hydrogen (secondary N) is 1. The second-order valence-corrected chi connectivity index (χ2v) is 5.93. The van der Waals surface area contributed by atoms with Crippen molar-refractivity contribution >= 4 is 23.2 Å². The van der Waals surface area contributed by atoms with E-state index in [-0.39, 0.29) is 5.75 Å². The molecule has 3 aromatic rings. The number of nitrogens with zero attached hydrogens (tertiary/aromatic N) is 1. The van der Waals surface area contributed by atoms with Crippen molar-refractivity contribution in [2.45, 2.75) is 6.92 Å². The Kier molecular flexibility index (Phi) is 4.55. The third kappa shape index (κ3) is 3.13. The molecule has 0 aliphatic carbocycles. The largest absolute Gasteiger partial charge is 0.507 e. The molecule has 2 N–H and O–H groups in total. The summed E-state index contributed by atoms with van der Waals surface area (Å²) < 4.78 is 11.0. The van der Waals surface area contributed by atoms with Crippen molar-refractivity contribution in [2.24, 2.45) is 0 Å². The third-order valence-electron chi connectivity index (χ3n) is 3.46. The smallest absolute Gasteiger partial charge is 0.176 e. The van der Waals surface area contributed by atoms with Crippen molar-refractivity contribution in [3.05, 3.63) is 52.1 Å². The monoisotopic (exact) mass is 364 g/mol. The van der Waals surface area contributed by atoms with Crippen LogP contribution in [0.4, 0.5) is 0 Å². The number of halogens is 2. The van der Waals surface area contributed by atoms with Crippen LogP contribution in [0.2, 0.25) is 10.0 Å². The lowest BCUT2D eigenvalue weighted by atomic mass is 10.1. The maximum atomic E-state index is 10.2. The van der Waals surface area contributed by atoms with Crippen LogP contribution in [-0.4, -0.2) is 22.4 Å². The standard InChI is InChI=1S/C17H14Cl2N2O3/c1-9-17(24-15-6-3-10(18)7-13(15)19)16(21-20-9)12-5-4-11(23-2)8-14(12)22/h3-8,22H,1-2H3,(H,20,21). The molecule has 7 heteroatoms. The average molecular weight is 365 g/mol. The molecule has 0 radical (unpaired) electrons. The van der Waals surface area contributed by atoms with Gasteiger partial charge in [0.05, 0.1) is 17.8 Å². The number of hydrogen-bond donors (Lipinski definition) is 2. The first-order valence-corrected chi connectivity index (χ1v) is 7.80. The summed E-state index contributed by atoms with van der Waals surface area (Å²) in [5.41, 5.74) is 1.69. The van der Waals surface area contributed by atoms with Gasteiger partial charge in [-0.15, -0.1) is 0 Å². The highest BCUT2D eigenvalue weighted by atomic mass is 35.5. The Hall–Kier alpha value is -2.37. The summed E-state index contributed by atoms with van der Waals surface area (Å²) in [6, 6.07) is 9.91. The Labute approximate surface area is 148 Å². The first-order chi connectivity index (χ1) is 11.5. The molecule has 124 valence electrons. The number of aromatic nitrogens is 2. The van der Waals surface area contributed by atoms with Crippen LogP contribution >= 0.6 is 23.2 Å². The number of methoxy groups -OCH3 is 1. The molecule has 2 aromatic carbocycles. The average Bonchev–Trinajstić information content (AvgIpc) is 2.90. The Morgan fingerprint density at radius 3 is 2.58 bits per heavy atom. The van der Waals surface area contributed by atoms with Crippen LogP contribution in [0.3, 0.4) is 0 Å². The lowest BCUT2D eigenvalue weighted by molar-refractivity contribution is 0.408. The number of ether oxygens (including phenoxy) is 2. The molecule has 0 bridgehead atoms. The molecule has 0 aliphatic heterocycles. The predicted molar refractivity (Wildman–Crippen MR) is 93.5 cm³/mol. The van der Waals surface area contributed by atoms with Crippen molar-refractivity contribution in [3.8, 4) is 34.3 Å². The summed E-state index contributed by atoms with van der Waals surface area (Å²) in [6.07, 6.45) is 0. The normalized spacial score (nSPS) is 10.7. The number of phenols is 1. The molecule has 5 nitrogen and oxygen atoms in total. The van der Waals surface area contributed by atoms with Crippen molar-refractivity contribution in [1.82, 2.24) is 10.2 Å². The van der Waals surface area contributed by atoms with E-state index in [1.165, 1.54) is 13.2 Å². The topological polar surface area (TPSA) is 67.4 Å². The van der Waals surface area contributed by atoms with Gasteiger partial charge in [-0.3, -0.25) is 5.10 Å². The van der Waals surface area contributed by atoms with Crippen LogP contribution in [0.5, 0.6) is 23.0 Å². The van der Waals surface area contributed by atoms with Gasteiger partial charge in [-0.1, -0.05) is 23.2 Å². The van der Waals surface area contributed by atoms with Gasteiger partial charge < -0.3 is 14.6 Å². The quantitative estimate of drug-likeness (QED) is 0.667. The minimum absolute atomic E-state index is 0.0351. The van der Waals surface area contributed by atoms with Gasteiger partial charge in [0.25, 0.3) is 0 Å². The molecule has 0 unspecified atom stereocenters. The summed E-state index contributed by atoms with van der Waals surface area (Å²) >= 11 is 12.1. The number of benzene rings is 2. The molecule has 1 aromatic heterocycles. The zero-order valence-electron chi connectivity index (χ0n) is 12.9. The Bertz CT molecular complexity index is 894. The van der Waals surface area contributed by atoms with Gasteiger partial charge in [-0.25, -0.2) is 0 Å². The van der Waals surface area contributed by atoms with E-state index in [9.17, 15) is 5.11 Å². The van der Waals surface area contributed by atoms with Gasteiger partial charge in [-0.05, 0) is 37.3 Å². The van der Waals surface area contributed by atoms with Gasteiger partial charge in [0, 0.05) is 16.7 Å². The minimum atomic E-state index is 0.0351. The van der Waals surface area contributed by atoms with Crippen LogP contribution in [0, 0.1) is 6.92 Å². The maximum absolute atomic E-state index is 10.2. The molecular formula is C17H14Cl2N2O3. The molecule has 0 saturated carbocycles.